The minimum atomic E-state index is -0.866. The largest absolute Gasteiger partial charge is 0.389 e. The Labute approximate surface area is 131 Å². The highest BCUT2D eigenvalue weighted by molar-refractivity contribution is 5.97. The van der Waals surface area contributed by atoms with E-state index >= 15 is 0 Å². The number of rotatable bonds is 5. The molecule has 5 nitrogen and oxygen atoms in total. The lowest BCUT2D eigenvalue weighted by Crippen LogP contribution is -2.31. The smallest absolute Gasteiger partial charge is 0.251 e. The highest BCUT2D eigenvalue weighted by Gasteiger charge is 2.33. The number of carbonyl (C=O) groups is 2. The Balaban J connectivity index is 2.06. The number of nitrogens with one attached hydrogen (secondary N) is 2. The van der Waals surface area contributed by atoms with E-state index in [0.29, 0.717) is 30.6 Å². The number of benzene rings is 1. The van der Waals surface area contributed by atoms with Gasteiger partial charge in [0.25, 0.3) is 5.91 Å². The molecule has 0 atom stereocenters. The molecule has 5 heteroatoms. The third kappa shape index (κ3) is 4.07. The molecular weight excluding hydrogens is 280 g/mol. The van der Waals surface area contributed by atoms with Gasteiger partial charge in [0.15, 0.2) is 0 Å². The van der Waals surface area contributed by atoms with Gasteiger partial charge in [-0.3, -0.25) is 9.59 Å². The Bertz CT molecular complexity index is 563. The van der Waals surface area contributed by atoms with Crippen LogP contribution < -0.4 is 10.6 Å². The summed E-state index contributed by atoms with van der Waals surface area (Å²) < 4.78 is 0. The minimum Gasteiger partial charge on any atom is -0.389 e. The molecule has 0 spiro atoms. The molecule has 2 rings (SSSR count). The van der Waals surface area contributed by atoms with E-state index in [9.17, 15) is 14.7 Å². The van der Waals surface area contributed by atoms with Crippen LogP contribution in [0.5, 0.6) is 0 Å². The van der Waals surface area contributed by atoms with Crippen molar-refractivity contribution in [1.82, 2.24) is 5.32 Å². The Kier molecular flexibility index (Phi) is 5.19. The quantitative estimate of drug-likeness (QED) is 0.781. The number of hydrogen-bond acceptors (Lipinski definition) is 3. The summed E-state index contributed by atoms with van der Waals surface area (Å²) in [4.78, 5) is 24.0. The summed E-state index contributed by atoms with van der Waals surface area (Å²) >= 11 is 0. The van der Waals surface area contributed by atoms with E-state index in [1.165, 1.54) is 0 Å². The van der Waals surface area contributed by atoms with Crippen molar-refractivity contribution in [2.45, 2.75) is 51.6 Å². The first kappa shape index (κ1) is 16.5. The van der Waals surface area contributed by atoms with Crippen molar-refractivity contribution >= 4 is 17.5 Å². The van der Waals surface area contributed by atoms with Gasteiger partial charge < -0.3 is 15.7 Å². The molecular formula is C17H24N2O3. The molecule has 0 aliphatic heterocycles. The van der Waals surface area contributed by atoms with Crippen LogP contribution in [-0.4, -0.2) is 29.1 Å². The second kappa shape index (κ2) is 6.92. The number of hydrogen-bond donors (Lipinski definition) is 3. The van der Waals surface area contributed by atoms with Crippen LogP contribution in [-0.2, 0) is 4.79 Å². The van der Waals surface area contributed by atoms with Gasteiger partial charge in [0.1, 0.15) is 0 Å². The van der Waals surface area contributed by atoms with Crippen LogP contribution >= 0.6 is 0 Å². The number of amides is 2. The Morgan fingerprint density at radius 3 is 2.59 bits per heavy atom. The van der Waals surface area contributed by atoms with Crippen LogP contribution in [0.4, 0.5) is 5.69 Å². The number of carbonyl (C=O) groups excluding carboxylic acids is 2. The van der Waals surface area contributed by atoms with Crippen LogP contribution in [0.25, 0.3) is 0 Å². The minimum absolute atomic E-state index is 0.109. The highest BCUT2D eigenvalue weighted by atomic mass is 16.3. The zero-order valence-electron chi connectivity index (χ0n) is 13.2. The standard InChI is InChI=1S/C17H24N2O3/c1-3-18-16(21)13-7-6-12(2)14(10-13)19-15(20)11-17(22)8-4-5-9-17/h6-7,10,22H,3-5,8-9,11H2,1-2H3,(H,18,21)(H,19,20). The van der Waals surface area contributed by atoms with Crippen molar-refractivity contribution < 1.29 is 14.7 Å². The van der Waals surface area contributed by atoms with Crippen molar-refractivity contribution in [3.8, 4) is 0 Å². The van der Waals surface area contributed by atoms with E-state index in [4.69, 9.17) is 0 Å². The summed E-state index contributed by atoms with van der Waals surface area (Å²) in [5.74, 6) is -0.368. The molecule has 0 heterocycles. The fourth-order valence-electron chi connectivity index (χ4n) is 2.86. The van der Waals surface area contributed by atoms with Gasteiger partial charge in [-0.1, -0.05) is 18.9 Å². The van der Waals surface area contributed by atoms with Crippen LogP contribution in [0.2, 0.25) is 0 Å². The predicted molar refractivity (Wildman–Crippen MR) is 85.9 cm³/mol. The molecule has 2 amide bonds. The first-order chi connectivity index (χ1) is 10.4. The van der Waals surface area contributed by atoms with Gasteiger partial charge in [-0.2, -0.15) is 0 Å². The lowest BCUT2D eigenvalue weighted by Gasteiger charge is -2.21. The topological polar surface area (TPSA) is 78.4 Å². The van der Waals surface area contributed by atoms with E-state index in [0.717, 1.165) is 18.4 Å². The maximum absolute atomic E-state index is 12.2. The van der Waals surface area contributed by atoms with Crippen molar-refractivity contribution in [3.05, 3.63) is 29.3 Å². The summed E-state index contributed by atoms with van der Waals surface area (Å²) in [5, 5.41) is 15.9. The maximum atomic E-state index is 12.2. The first-order valence-corrected chi connectivity index (χ1v) is 7.84. The zero-order chi connectivity index (χ0) is 16.2. The van der Waals surface area contributed by atoms with E-state index < -0.39 is 5.60 Å². The molecule has 0 aromatic heterocycles. The molecule has 0 saturated heterocycles. The maximum Gasteiger partial charge on any atom is 0.251 e. The third-order valence-electron chi connectivity index (χ3n) is 4.14. The Morgan fingerprint density at radius 2 is 1.95 bits per heavy atom. The van der Waals surface area contributed by atoms with E-state index in [2.05, 4.69) is 10.6 Å². The number of aryl methyl sites for hydroxylation is 1. The second-order valence-corrected chi connectivity index (χ2v) is 6.05. The molecule has 1 aliphatic rings. The normalized spacial score (nSPS) is 16.3. The lowest BCUT2D eigenvalue weighted by atomic mass is 9.97. The van der Waals surface area contributed by atoms with Gasteiger partial charge >= 0.3 is 0 Å². The summed E-state index contributed by atoms with van der Waals surface area (Å²) in [5.41, 5.74) is 1.16. The Hall–Kier alpha value is -1.88. The summed E-state index contributed by atoms with van der Waals surface area (Å²) in [6, 6.07) is 5.22. The average Bonchev–Trinajstić information content (AvgIpc) is 2.87. The summed E-state index contributed by atoms with van der Waals surface area (Å²) in [7, 11) is 0. The van der Waals surface area contributed by atoms with Crippen LogP contribution in [0.1, 0.15) is 54.9 Å². The first-order valence-electron chi connectivity index (χ1n) is 7.84. The lowest BCUT2D eigenvalue weighted by molar-refractivity contribution is -0.120. The van der Waals surface area contributed by atoms with Crippen molar-refractivity contribution in [3.63, 3.8) is 0 Å². The van der Waals surface area contributed by atoms with E-state index in [-0.39, 0.29) is 18.2 Å². The third-order valence-corrected chi connectivity index (χ3v) is 4.14. The van der Waals surface area contributed by atoms with Gasteiger partial charge in [0, 0.05) is 17.8 Å². The highest BCUT2D eigenvalue weighted by Crippen LogP contribution is 2.32. The molecule has 0 unspecified atom stereocenters. The summed E-state index contributed by atoms with van der Waals surface area (Å²) in [6.07, 6.45) is 3.40. The Morgan fingerprint density at radius 1 is 1.27 bits per heavy atom. The molecule has 120 valence electrons. The molecule has 1 aliphatic carbocycles. The zero-order valence-corrected chi connectivity index (χ0v) is 13.2. The van der Waals surface area contributed by atoms with Crippen molar-refractivity contribution in [1.29, 1.82) is 0 Å². The SMILES string of the molecule is CCNC(=O)c1ccc(C)c(NC(=O)CC2(O)CCCC2)c1. The van der Waals surface area contributed by atoms with Crippen LogP contribution in [0, 0.1) is 6.92 Å². The average molecular weight is 304 g/mol. The van der Waals surface area contributed by atoms with Crippen LogP contribution in [0.15, 0.2) is 18.2 Å². The predicted octanol–water partition coefficient (Wildman–Crippen LogP) is 2.38. The monoisotopic (exact) mass is 304 g/mol. The number of aliphatic hydroxyl groups is 1. The van der Waals surface area contributed by atoms with E-state index in [1.807, 2.05) is 19.9 Å². The molecule has 22 heavy (non-hydrogen) atoms. The molecule has 1 aromatic rings. The van der Waals surface area contributed by atoms with Crippen molar-refractivity contribution in [2.24, 2.45) is 0 Å². The van der Waals surface area contributed by atoms with Gasteiger partial charge in [-0.25, -0.2) is 0 Å². The van der Waals surface area contributed by atoms with Gasteiger partial charge in [-0.15, -0.1) is 0 Å². The van der Waals surface area contributed by atoms with Crippen LogP contribution in [0.3, 0.4) is 0 Å². The molecule has 0 radical (unpaired) electrons. The molecule has 3 N–H and O–H groups in total. The fraction of sp³-hybridized carbons (Fsp3) is 0.529. The molecule has 1 saturated carbocycles. The summed E-state index contributed by atoms with van der Waals surface area (Å²) in [6.45, 7) is 4.29. The number of anilines is 1. The fourth-order valence-corrected chi connectivity index (χ4v) is 2.86. The van der Waals surface area contributed by atoms with Crippen molar-refractivity contribution in [2.75, 3.05) is 11.9 Å². The van der Waals surface area contributed by atoms with Gasteiger partial charge in [0.2, 0.25) is 5.91 Å². The molecule has 1 aromatic carbocycles. The molecule has 0 bridgehead atoms. The second-order valence-electron chi connectivity index (χ2n) is 6.05. The van der Waals surface area contributed by atoms with Gasteiger partial charge in [0.05, 0.1) is 12.0 Å². The molecule has 1 fully saturated rings. The van der Waals surface area contributed by atoms with Gasteiger partial charge in [-0.05, 0) is 44.4 Å². The van der Waals surface area contributed by atoms with E-state index in [1.54, 1.807) is 12.1 Å².